The molecule has 3 aromatic heterocycles. The lowest BCUT2D eigenvalue weighted by Gasteiger charge is -2.23. The number of fused-ring (bicyclic) bond motifs is 2. The van der Waals surface area contributed by atoms with E-state index in [-0.39, 0.29) is 16.2 Å². The molecule has 10 heteroatoms. The average Bonchev–Trinajstić information content (AvgIpc) is 3.22. The van der Waals surface area contributed by atoms with E-state index in [4.69, 9.17) is 11.6 Å². The van der Waals surface area contributed by atoms with Gasteiger partial charge in [-0.05, 0) is 50.2 Å². The van der Waals surface area contributed by atoms with Crippen molar-refractivity contribution in [2.24, 2.45) is 0 Å². The zero-order valence-electron chi connectivity index (χ0n) is 15.3. The average molecular weight is 432 g/mol. The number of imidazole rings is 2. The van der Waals surface area contributed by atoms with Gasteiger partial charge in [0.05, 0.1) is 11.0 Å². The first-order chi connectivity index (χ1) is 14.0. The van der Waals surface area contributed by atoms with E-state index >= 15 is 0 Å². The van der Waals surface area contributed by atoms with E-state index in [2.05, 4.69) is 10.3 Å². The van der Waals surface area contributed by atoms with Crippen molar-refractivity contribution in [3.63, 3.8) is 0 Å². The third-order valence-corrected chi connectivity index (χ3v) is 7.43. The fourth-order valence-electron chi connectivity index (χ4n) is 4.06. The van der Waals surface area contributed by atoms with Gasteiger partial charge >= 0.3 is 5.69 Å². The van der Waals surface area contributed by atoms with Crippen LogP contribution in [-0.4, -0.2) is 39.4 Å². The van der Waals surface area contributed by atoms with E-state index in [1.807, 2.05) is 0 Å². The molecule has 0 atom stereocenters. The number of rotatable bonds is 3. The third-order valence-electron chi connectivity index (χ3n) is 5.34. The molecule has 5 rings (SSSR count). The van der Waals surface area contributed by atoms with Crippen LogP contribution in [0.4, 0.5) is 0 Å². The van der Waals surface area contributed by atoms with Crippen LogP contribution in [0.2, 0.25) is 5.15 Å². The monoisotopic (exact) mass is 431 g/mol. The molecule has 0 aliphatic carbocycles. The Balaban J connectivity index is 1.82. The molecule has 0 amide bonds. The number of halogens is 1. The van der Waals surface area contributed by atoms with Gasteiger partial charge in [-0.15, -0.1) is 0 Å². The van der Waals surface area contributed by atoms with E-state index in [0.717, 1.165) is 29.9 Å². The Morgan fingerprint density at radius 2 is 1.72 bits per heavy atom. The molecule has 0 bridgehead atoms. The van der Waals surface area contributed by atoms with Crippen molar-refractivity contribution < 1.29 is 8.42 Å². The second-order valence-corrected chi connectivity index (χ2v) is 9.09. The van der Waals surface area contributed by atoms with Crippen LogP contribution >= 0.6 is 11.6 Å². The SMILES string of the molecule is O=c1n(C2CCNCC2)c2ccccc2n1S(=O)(=O)c1c(Cl)nc2ccccn12. The minimum absolute atomic E-state index is 0.0669. The number of benzene rings is 1. The molecule has 1 fully saturated rings. The van der Waals surface area contributed by atoms with E-state index in [1.165, 1.54) is 4.40 Å². The lowest BCUT2D eigenvalue weighted by molar-refractivity contribution is 0.367. The van der Waals surface area contributed by atoms with Crippen molar-refractivity contribution in [1.29, 1.82) is 0 Å². The molecule has 0 unspecified atom stereocenters. The maximum Gasteiger partial charge on any atom is 0.343 e. The Labute approximate surface area is 171 Å². The van der Waals surface area contributed by atoms with E-state index < -0.39 is 15.7 Å². The highest BCUT2D eigenvalue weighted by atomic mass is 35.5. The van der Waals surface area contributed by atoms with Gasteiger partial charge in [0, 0.05) is 12.2 Å². The Bertz CT molecular complexity index is 1400. The van der Waals surface area contributed by atoms with Gasteiger partial charge < -0.3 is 5.32 Å². The van der Waals surface area contributed by atoms with Crippen LogP contribution in [0.3, 0.4) is 0 Å². The summed E-state index contributed by atoms with van der Waals surface area (Å²) in [6, 6.07) is 12.0. The van der Waals surface area contributed by atoms with E-state index in [9.17, 15) is 13.2 Å². The van der Waals surface area contributed by atoms with Gasteiger partial charge in [0.1, 0.15) is 5.65 Å². The van der Waals surface area contributed by atoms with E-state index in [1.54, 1.807) is 53.2 Å². The molecule has 0 spiro atoms. The minimum Gasteiger partial charge on any atom is -0.317 e. The van der Waals surface area contributed by atoms with Crippen molar-refractivity contribution in [1.82, 2.24) is 23.2 Å². The summed E-state index contributed by atoms with van der Waals surface area (Å²) in [5.74, 6) is 0. The number of piperidine rings is 1. The summed E-state index contributed by atoms with van der Waals surface area (Å²) in [5.41, 5.74) is 0.738. The van der Waals surface area contributed by atoms with Crippen LogP contribution in [0.1, 0.15) is 18.9 Å². The van der Waals surface area contributed by atoms with Gasteiger partial charge in [0.25, 0.3) is 10.0 Å². The highest BCUT2D eigenvalue weighted by Crippen LogP contribution is 2.28. The Kier molecular flexibility index (Phi) is 4.27. The van der Waals surface area contributed by atoms with Crippen molar-refractivity contribution in [2.75, 3.05) is 13.1 Å². The number of hydrogen-bond acceptors (Lipinski definition) is 5. The lowest BCUT2D eigenvalue weighted by Crippen LogP contribution is -2.36. The lowest BCUT2D eigenvalue weighted by atomic mass is 10.1. The summed E-state index contributed by atoms with van der Waals surface area (Å²) in [6.07, 6.45) is 3.08. The molecular formula is C19H18ClN5O3S. The maximum absolute atomic E-state index is 13.7. The van der Waals surface area contributed by atoms with Gasteiger partial charge in [-0.3, -0.25) is 8.97 Å². The molecule has 8 nitrogen and oxygen atoms in total. The molecule has 150 valence electrons. The fraction of sp³-hybridized carbons (Fsp3) is 0.263. The van der Waals surface area contributed by atoms with Gasteiger partial charge in [0.2, 0.25) is 0 Å². The first-order valence-corrected chi connectivity index (χ1v) is 11.1. The molecule has 1 saturated heterocycles. The number of para-hydroxylation sites is 2. The van der Waals surface area contributed by atoms with Crippen molar-refractivity contribution in [2.45, 2.75) is 23.9 Å². The fourth-order valence-corrected chi connectivity index (χ4v) is 6.07. The molecule has 4 aromatic rings. The summed E-state index contributed by atoms with van der Waals surface area (Å²) >= 11 is 6.22. The smallest absolute Gasteiger partial charge is 0.317 e. The summed E-state index contributed by atoms with van der Waals surface area (Å²) in [6.45, 7) is 1.56. The van der Waals surface area contributed by atoms with Crippen LogP contribution in [0.25, 0.3) is 16.7 Å². The molecule has 1 N–H and O–H groups in total. The molecule has 4 heterocycles. The quantitative estimate of drug-likeness (QED) is 0.537. The molecular weight excluding hydrogens is 414 g/mol. The number of nitrogens with zero attached hydrogens (tertiary/aromatic N) is 4. The molecule has 29 heavy (non-hydrogen) atoms. The van der Waals surface area contributed by atoms with Gasteiger partial charge in [0.15, 0.2) is 10.2 Å². The van der Waals surface area contributed by atoms with Crippen LogP contribution in [0.5, 0.6) is 0 Å². The summed E-state index contributed by atoms with van der Waals surface area (Å²) in [7, 11) is -4.29. The Hall–Kier alpha value is -2.62. The second-order valence-electron chi connectivity index (χ2n) is 7.03. The van der Waals surface area contributed by atoms with Crippen LogP contribution in [0, 0.1) is 0 Å². The summed E-state index contributed by atoms with van der Waals surface area (Å²) < 4.78 is 31.2. The number of hydrogen-bond donors (Lipinski definition) is 1. The summed E-state index contributed by atoms with van der Waals surface area (Å²) in [4.78, 5) is 17.6. The first kappa shape index (κ1) is 18.4. The normalized spacial score (nSPS) is 16.0. The highest BCUT2D eigenvalue weighted by molar-refractivity contribution is 7.90. The zero-order chi connectivity index (χ0) is 20.2. The van der Waals surface area contributed by atoms with Crippen LogP contribution in [0.15, 0.2) is 58.5 Å². The minimum atomic E-state index is -4.29. The number of aromatic nitrogens is 4. The molecule has 0 radical (unpaired) electrons. The molecule has 1 aliphatic heterocycles. The highest BCUT2D eigenvalue weighted by Gasteiger charge is 2.32. The largest absolute Gasteiger partial charge is 0.343 e. The summed E-state index contributed by atoms with van der Waals surface area (Å²) in [5, 5.41) is 2.89. The van der Waals surface area contributed by atoms with Crippen molar-refractivity contribution in [3.05, 3.63) is 64.3 Å². The molecule has 0 saturated carbocycles. The van der Waals surface area contributed by atoms with Crippen LogP contribution < -0.4 is 11.0 Å². The number of nitrogens with one attached hydrogen (secondary N) is 1. The van der Waals surface area contributed by atoms with Crippen molar-refractivity contribution >= 4 is 38.3 Å². The predicted molar refractivity (Wildman–Crippen MR) is 110 cm³/mol. The zero-order valence-corrected chi connectivity index (χ0v) is 16.9. The molecule has 1 aromatic carbocycles. The maximum atomic E-state index is 13.7. The first-order valence-electron chi connectivity index (χ1n) is 9.31. The number of pyridine rings is 1. The van der Waals surface area contributed by atoms with Crippen LogP contribution in [-0.2, 0) is 10.0 Å². The third kappa shape index (κ3) is 2.72. The predicted octanol–water partition coefficient (Wildman–Crippen LogP) is 2.27. The Morgan fingerprint density at radius 3 is 2.48 bits per heavy atom. The van der Waals surface area contributed by atoms with Gasteiger partial charge in [-0.2, -0.15) is 12.4 Å². The van der Waals surface area contributed by atoms with E-state index in [0.29, 0.717) is 16.7 Å². The molecule has 1 aliphatic rings. The van der Waals surface area contributed by atoms with Gasteiger partial charge in [-0.1, -0.05) is 29.8 Å². The van der Waals surface area contributed by atoms with Crippen molar-refractivity contribution in [3.8, 4) is 0 Å². The standard InChI is InChI=1S/C19H18ClN5O3S/c20-17-18(23-12-4-3-7-16(23)22-17)29(27,28)25-15-6-2-1-5-14(15)24(19(25)26)13-8-10-21-11-9-13/h1-7,12-13,21H,8-11H2. The second kappa shape index (κ2) is 6.72. The topological polar surface area (TPSA) is 90.4 Å². The Morgan fingerprint density at radius 1 is 1.03 bits per heavy atom. The van der Waals surface area contributed by atoms with Gasteiger partial charge in [-0.25, -0.2) is 9.78 Å².